The van der Waals surface area contributed by atoms with E-state index in [0.29, 0.717) is 6.04 Å². The molecule has 4 nitrogen and oxygen atoms in total. The lowest BCUT2D eigenvalue weighted by molar-refractivity contribution is 0.172. The summed E-state index contributed by atoms with van der Waals surface area (Å²) in [5.41, 5.74) is 2.56. The molecule has 1 N–H and O–H groups in total. The lowest BCUT2D eigenvalue weighted by Crippen LogP contribution is -2.31. The fourth-order valence-corrected chi connectivity index (χ4v) is 1.55. The predicted octanol–water partition coefficient (Wildman–Crippen LogP) is 0.896. The van der Waals surface area contributed by atoms with Crippen molar-refractivity contribution in [1.82, 2.24) is 15.1 Å². The van der Waals surface area contributed by atoms with Gasteiger partial charge in [0, 0.05) is 25.9 Å². The minimum absolute atomic E-state index is 0.409. The predicted molar refractivity (Wildman–Crippen MR) is 61.0 cm³/mol. The first-order chi connectivity index (χ1) is 7.15. The Kier molecular flexibility index (Phi) is 4.78. The molecule has 0 radical (unpaired) electrons. The largest absolute Gasteiger partial charge is 0.383 e. The second kappa shape index (κ2) is 5.88. The summed E-state index contributed by atoms with van der Waals surface area (Å²) in [6.07, 6.45) is 2.96. The molecule has 0 saturated carbocycles. The lowest BCUT2D eigenvalue weighted by atomic mass is 10.2. The van der Waals surface area contributed by atoms with Gasteiger partial charge in [0.05, 0.1) is 12.8 Å². The molecule has 0 aliphatic carbocycles. The second-order valence-electron chi connectivity index (χ2n) is 3.94. The summed E-state index contributed by atoms with van der Waals surface area (Å²) in [5.74, 6) is 0. The molecule has 15 heavy (non-hydrogen) atoms. The molecule has 0 fully saturated rings. The summed E-state index contributed by atoms with van der Waals surface area (Å²) in [4.78, 5) is 0. The SMILES string of the molecule is COCC(C)NCCc1cnn(C)c1C. The summed E-state index contributed by atoms with van der Waals surface area (Å²) in [6, 6.07) is 0.409. The quantitative estimate of drug-likeness (QED) is 0.759. The van der Waals surface area contributed by atoms with Crippen molar-refractivity contribution in [2.75, 3.05) is 20.3 Å². The zero-order chi connectivity index (χ0) is 11.3. The second-order valence-corrected chi connectivity index (χ2v) is 3.94. The zero-order valence-corrected chi connectivity index (χ0v) is 10.1. The van der Waals surface area contributed by atoms with E-state index >= 15 is 0 Å². The fraction of sp³-hybridized carbons (Fsp3) is 0.727. The van der Waals surface area contributed by atoms with Crippen molar-refractivity contribution in [3.63, 3.8) is 0 Å². The fourth-order valence-electron chi connectivity index (χ4n) is 1.55. The molecule has 0 spiro atoms. The van der Waals surface area contributed by atoms with Crippen molar-refractivity contribution in [3.8, 4) is 0 Å². The average molecular weight is 211 g/mol. The molecule has 1 atom stereocenters. The molecule has 0 aliphatic rings. The molecule has 0 amide bonds. The Labute approximate surface area is 91.6 Å². The maximum Gasteiger partial charge on any atom is 0.0613 e. The molecule has 1 aromatic rings. The van der Waals surface area contributed by atoms with Crippen LogP contribution in [0.1, 0.15) is 18.2 Å². The minimum Gasteiger partial charge on any atom is -0.383 e. The number of nitrogens with one attached hydrogen (secondary N) is 1. The maximum atomic E-state index is 5.06. The summed E-state index contributed by atoms with van der Waals surface area (Å²) in [5, 5.41) is 7.62. The van der Waals surface area contributed by atoms with E-state index in [2.05, 4.69) is 24.3 Å². The van der Waals surface area contributed by atoms with Crippen molar-refractivity contribution in [2.45, 2.75) is 26.3 Å². The third-order valence-electron chi connectivity index (χ3n) is 2.64. The van der Waals surface area contributed by atoms with Gasteiger partial charge in [0.25, 0.3) is 0 Å². The Morgan fingerprint density at radius 2 is 2.33 bits per heavy atom. The van der Waals surface area contributed by atoms with Crippen molar-refractivity contribution in [1.29, 1.82) is 0 Å². The third-order valence-corrected chi connectivity index (χ3v) is 2.64. The van der Waals surface area contributed by atoms with E-state index in [9.17, 15) is 0 Å². The van der Waals surface area contributed by atoms with E-state index in [1.807, 2.05) is 17.9 Å². The molecule has 0 bridgehead atoms. The van der Waals surface area contributed by atoms with Crippen LogP contribution in [0.15, 0.2) is 6.20 Å². The molecule has 1 unspecified atom stereocenters. The number of aromatic nitrogens is 2. The van der Waals surface area contributed by atoms with Gasteiger partial charge in [-0.25, -0.2) is 0 Å². The molecular formula is C11H21N3O. The summed E-state index contributed by atoms with van der Waals surface area (Å²) in [6.45, 7) is 5.95. The molecule has 0 aromatic carbocycles. The molecule has 4 heteroatoms. The molecule has 86 valence electrons. The number of aryl methyl sites for hydroxylation is 1. The Morgan fingerprint density at radius 3 is 2.87 bits per heavy atom. The summed E-state index contributed by atoms with van der Waals surface area (Å²) < 4.78 is 6.97. The molecule has 0 aliphatic heterocycles. The number of nitrogens with zero attached hydrogens (tertiary/aromatic N) is 2. The van der Waals surface area contributed by atoms with Crippen LogP contribution in [0.3, 0.4) is 0 Å². The minimum atomic E-state index is 0.409. The van der Waals surface area contributed by atoms with Crippen LogP contribution >= 0.6 is 0 Å². The van der Waals surface area contributed by atoms with Crippen LogP contribution in [0, 0.1) is 6.92 Å². The van der Waals surface area contributed by atoms with E-state index in [1.54, 1.807) is 7.11 Å². The van der Waals surface area contributed by atoms with Crippen LogP contribution in [0.4, 0.5) is 0 Å². The summed E-state index contributed by atoms with van der Waals surface area (Å²) >= 11 is 0. The van der Waals surface area contributed by atoms with Gasteiger partial charge in [-0.2, -0.15) is 5.10 Å². The Bertz CT molecular complexity index is 296. The van der Waals surface area contributed by atoms with Gasteiger partial charge < -0.3 is 10.1 Å². The topological polar surface area (TPSA) is 39.1 Å². The van der Waals surface area contributed by atoms with Crippen LogP contribution in [0.5, 0.6) is 0 Å². The monoisotopic (exact) mass is 211 g/mol. The third kappa shape index (κ3) is 3.64. The standard InChI is InChI=1S/C11H21N3O/c1-9(8-15-4)12-6-5-11-7-13-14(3)10(11)2/h7,9,12H,5-6,8H2,1-4H3. The van der Waals surface area contributed by atoms with Gasteiger partial charge in [-0.1, -0.05) is 0 Å². The highest BCUT2D eigenvalue weighted by Crippen LogP contribution is 2.05. The van der Waals surface area contributed by atoms with Gasteiger partial charge in [0.2, 0.25) is 0 Å². The summed E-state index contributed by atoms with van der Waals surface area (Å²) in [7, 11) is 3.70. The normalized spacial score (nSPS) is 13.1. The van der Waals surface area contributed by atoms with E-state index in [-0.39, 0.29) is 0 Å². The number of hydrogen-bond donors (Lipinski definition) is 1. The van der Waals surface area contributed by atoms with Crippen LogP contribution < -0.4 is 5.32 Å². The highest BCUT2D eigenvalue weighted by molar-refractivity contribution is 5.15. The Hall–Kier alpha value is -0.870. The van der Waals surface area contributed by atoms with Gasteiger partial charge in [0.1, 0.15) is 0 Å². The van der Waals surface area contributed by atoms with Crippen molar-refractivity contribution >= 4 is 0 Å². The highest BCUT2D eigenvalue weighted by atomic mass is 16.5. The maximum absolute atomic E-state index is 5.06. The van der Waals surface area contributed by atoms with Gasteiger partial charge in [-0.3, -0.25) is 4.68 Å². The molecular weight excluding hydrogens is 190 g/mol. The first-order valence-electron chi connectivity index (χ1n) is 5.35. The van der Waals surface area contributed by atoms with E-state index in [0.717, 1.165) is 19.6 Å². The van der Waals surface area contributed by atoms with Crippen molar-refractivity contribution < 1.29 is 4.74 Å². The first kappa shape index (κ1) is 12.2. The van der Waals surface area contributed by atoms with Crippen LogP contribution in [0.25, 0.3) is 0 Å². The molecule has 0 saturated heterocycles. The number of methoxy groups -OCH3 is 1. The number of hydrogen-bond acceptors (Lipinski definition) is 3. The van der Waals surface area contributed by atoms with Crippen molar-refractivity contribution in [2.24, 2.45) is 7.05 Å². The molecule has 1 heterocycles. The van der Waals surface area contributed by atoms with Gasteiger partial charge in [-0.15, -0.1) is 0 Å². The van der Waals surface area contributed by atoms with E-state index < -0.39 is 0 Å². The Balaban J connectivity index is 2.29. The smallest absolute Gasteiger partial charge is 0.0613 e. The average Bonchev–Trinajstić information content (AvgIpc) is 2.50. The molecule has 1 rings (SSSR count). The van der Waals surface area contributed by atoms with E-state index in [1.165, 1.54) is 11.3 Å². The van der Waals surface area contributed by atoms with Gasteiger partial charge >= 0.3 is 0 Å². The first-order valence-corrected chi connectivity index (χ1v) is 5.35. The zero-order valence-electron chi connectivity index (χ0n) is 10.1. The number of rotatable bonds is 6. The highest BCUT2D eigenvalue weighted by Gasteiger charge is 2.04. The lowest BCUT2D eigenvalue weighted by Gasteiger charge is -2.12. The van der Waals surface area contributed by atoms with Crippen LogP contribution in [-0.4, -0.2) is 36.1 Å². The van der Waals surface area contributed by atoms with Gasteiger partial charge in [-0.05, 0) is 32.4 Å². The number of ether oxygens (including phenoxy) is 1. The molecule has 1 aromatic heterocycles. The van der Waals surface area contributed by atoms with Crippen molar-refractivity contribution in [3.05, 3.63) is 17.5 Å². The van der Waals surface area contributed by atoms with Gasteiger partial charge in [0.15, 0.2) is 0 Å². The van der Waals surface area contributed by atoms with Crippen LogP contribution in [-0.2, 0) is 18.2 Å². The van der Waals surface area contributed by atoms with E-state index in [4.69, 9.17) is 4.74 Å². The Morgan fingerprint density at radius 1 is 1.60 bits per heavy atom. The van der Waals surface area contributed by atoms with Crippen LogP contribution in [0.2, 0.25) is 0 Å².